The highest BCUT2D eigenvalue weighted by atomic mass is 35.5. The van der Waals surface area contributed by atoms with E-state index in [-0.39, 0.29) is 12.1 Å². The number of nitrogens with zero attached hydrogens (tertiary/aromatic N) is 2. The zero-order chi connectivity index (χ0) is 13.2. The number of hydrogen-bond acceptors (Lipinski definition) is 5. The summed E-state index contributed by atoms with van der Waals surface area (Å²) in [5, 5.41) is 17.3. The summed E-state index contributed by atoms with van der Waals surface area (Å²) in [6.45, 7) is 0.566. The van der Waals surface area contributed by atoms with Gasteiger partial charge >= 0.3 is 0 Å². The van der Waals surface area contributed by atoms with Crippen molar-refractivity contribution < 1.29 is 9.63 Å². The van der Waals surface area contributed by atoms with Crippen molar-refractivity contribution in [2.24, 2.45) is 0 Å². The summed E-state index contributed by atoms with van der Waals surface area (Å²) in [6, 6.07) is 7.54. The van der Waals surface area contributed by atoms with Crippen molar-refractivity contribution in [1.29, 1.82) is 0 Å². The summed E-state index contributed by atoms with van der Waals surface area (Å²) in [7, 11) is 0. The highest BCUT2D eigenvalue weighted by Crippen LogP contribution is 2.22. The van der Waals surface area contributed by atoms with E-state index in [4.69, 9.17) is 16.1 Å². The van der Waals surface area contributed by atoms with E-state index >= 15 is 0 Å². The zero-order valence-corrected chi connectivity index (χ0v) is 11.0. The van der Waals surface area contributed by atoms with Crippen LogP contribution in [0.4, 0.5) is 0 Å². The van der Waals surface area contributed by atoms with Gasteiger partial charge in [-0.1, -0.05) is 28.9 Å². The van der Waals surface area contributed by atoms with Gasteiger partial charge in [0.2, 0.25) is 5.89 Å². The molecule has 0 amide bonds. The number of hydrogen-bond donors (Lipinski definition) is 2. The van der Waals surface area contributed by atoms with E-state index in [0.29, 0.717) is 36.1 Å². The lowest BCUT2D eigenvalue weighted by atomic mass is 10.1. The van der Waals surface area contributed by atoms with Gasteiger partial charge in [0.1, 0.15) is 0 Å². The lowest BCUT2D eigenvalue weighted by molar-refractivity contribution is 0.191. The van der Waals surface area contributed by atoms with Gasteiger partial charge in [0.05, 0.1) is 12.1 Å². The fourth-order valence-electron chi connectivity index (χ4n) is 2.22. The van der Waals surface area contributed by atoms with Crippen LogP contribution in [0.5, 0.6) is 0 Å². The van der Waals surface area contributed by atoms with Gasteiger partial charge < -0.3 is 14.9 Å². The highest BCUT2D eigenvalue weighted by molar-refractivity contribution is 6.30. The van der Waals surface area contributed by atoms with Gasteiger partial charge in [-0.2, -0.15) is 4.98 Å². The molecule has 2 atom stereocenters. The summed E-state index contributed by atoms with van der Waals surface area (Å²) in [6.07, 6.45) is 0.853. The van der Waals surface area contributed by atoms with Gasteiger partial charge in [0.25, 0.3) is 0 Å². The van der Waals surface area contributed by atoms with Crippen LogP contribution in [-0.4, -0.2) is 27.9 Å². The second kappa shape index (κ2) is 5.28. The number of aliphatic hydroxyl groups excluding tert-OH is 1. The van der Waals surface area contributed by atoms with Crippen LogP contribution in [0.3, 0.4) is 0 Å². The second-order valence-electron chi connectivity index (χ2n) is 4.71. The summed E-state index contributed by atoms with van der Waals surface area (Å²) in [5.41, 5.74) is 1.04. The number of aliphatic hydroxyl groups is 1. The number of benzene rings is 1. The molecule has 1 aromatic heterocycles. The lowest BCUT2D eigenvalue weighted by Gasteiger charge is -2.01. The Bertz CT molecular complexity index is 573. The van der Waals surface area contributed by atoms with E-state index in [1.54, 1.807) is 0 Å². The molecule has 2 heterocycles. The molecule has 2 N–H and O–H groups in total. The van der Waals surface area contributed by atoms with Crippen molar-refractivity contribution in [3.63, 3.8) is 0 Å². The minimum absolute atomic E-state index is 0.0457. The molecule has 1 aliphatic heterocycles. The van der Waals surface area contributed by atoms with Crippen LogP contribution in [0.15, 0.2) is 28.8 Å². The lowest BCUT2D eigenvalue weighted by Crippen LogP contribution is -2.15. The molecule has 1 aliphatic rings. The van der Waals surface area contributed by atoms with Crippen LogP contribution >= 0.6 is 11.6 Å². The molecule has 0 unspecified atom stereocenters. The minimum atomic E-state index is -0.340. The SMILES string of the molecule is O[C@H]1CN[C@@H](c2nc(Cc3cccc(Cl)c3)no2)C1. The number of nitrogens with one attached hydrogen (secondary N) is 1. The van der Waals surface area contributed by atoms with Crippen molar-refractivity contribution >= 4 is 11.6 Å². The Balaban J connectivity index is 1.71. The Morgan fingerprint density at radius 3 is 3.11 bits per heavy atom. The second-order valence-corrected chi connectivity index (χ2v) is 5.14. The predicted octanol–water partition coefficient (Wildman–Crippen LogP) is 1.71. The van der Waals surface area contributed by atoms with E-state index in [1.807, 2.05) is 24.3 Å². The van der Waals surface area contributed by atoms with Crippen LogP contribution in [0, 0.1) is 0 Å². The molecular weight excluding hydrogens is 266 g/mol. The fraction of sp³-hybridized carbons (Fsp3) is 0.385. The Kier molecular flexibility index (Phi) is 3.50. The Morgan fingerprint density at radius 1 is 1.47 bits per heavy atom. The van der Waals surface area contributed by atoms with E-state index in [1.165, 1.54) is 0 Å². The smallest absolute Gasteiger partial charge is 0.243 e. The topological polar surface area (TPSA) is 71.2 Å². The van der Waals surface area contributed by atoms with E-state index < -0.39 is 0 Å². The first-order valence-corrected chi connectivity index (χ1v) is 6.57. The van der Waals surface area contributed by atoms with Gasteiger partial charge in [0, 0.05) is 18.0 Å². The van der Waals surface area contributed by atoms with Crippen LogP contribution in [0.1, 0.15) is 29.7 Å². The van der Waals surface area contributed by atoms with E-state index in [2.05, 4.69) is 15.5 Å². The third kappa shape index (κ3) is 2.94. The summed E-state index contributed by atoms with van der Waals surface area (Å²) in [5.74, 6) is 1.16. The van der Waals surface area contributed by atoms with Crippen molar-refractivity contribution in [1.82, 2.24) is 15.5 Å². The minimum Gasteiger partial charge on any atom is -0.392 e. The molecule has 100 valence electrons. The average Bonchev–Trinajstić information content (AvgIpc) is 2.98. The van der Waals surface area contributed by atoms with Crippen molar-refractivity contribution in [3.05, 3.63) is 46.6 Å². The number of aromatic nitrogens is 2. The monoisotopic (exact) mass is 279 g/mol. The highest BCUT2D eigenvalue weighted by Gasteiger charge is 2.27. The van der Waals surface area contributed by atoms with Gasteiger partial charge in [-0.15, -0.1) is 0 Å². The van der Waals surface area contributed by atoms with E-state index in [0.717, 1.165) is 5.56 Å². The van der Waals surface area contributed by atoms with Crippen molar-refractivity contribution in [3.8, 4) is 0 Å². The Hall–Kier alpha value is -1.43. The molecule has 1 saturated heterocycles. The third-order valence-electron chi connectivity index (χ3n) is 3.14. The van der Waals surface area contributed by atoms with Gasteiger partial charge in [-0.3, -0.25) is 0 Å². The number of β-amino-alcohol motifs (C(OH)–C–C–N with tert-alkyl or cyclic N) is 1. The molecule has 0 bridgehead atoms. The van der Waals surface area contributed by atoms with Crippen molar-refractivity contribution in [2.45, 2.75) is 25.0 Å². The first-order valence-electron chi connectivity index (χ1n) is 6.19. The van der Waals surface area contributed by atoms with Crippen LogP contribution in [0.25, 0.3) is 0 Å². The third-order valence-corrected chi connectivity index (χ3v) is 3.38. The Labute approximate surface area is 115 Å². The largest absolute Gasteiger partial charge is 0.392 e. The first kappa shape index (κ1) is 12.6. The fourth-order valence-corrected chi connectivity index (χ4v) is 2.43. The molecule has 1 aromatic carbocycles. The quantitative estimate of drug-likeness (QED) is 0.895. The van der Waals surface area contributed by atoms with Gasteiger partial charge in [-0.25, -0.2) is 0 Å². The summed E-state index contributed by atoms with van der Waals surface area (Å²) >= 11 is 5.93. The molecule has 0 radical (unpaired) electrons. The normalized spacial score (nSPS) is 22.8. The van der Waals surface area contributed by atoms with Crippen molar-refractivity contribution in [2.75, 3.05) is 6.54 Å². The molecule has 0 saturated carbocycles. The summed E-state index contributed by atoms with van der Waals surface area (Å²) in [4.78, 5) is 4.36. The molecular formula is C13H14ClN3O2. The number of halogens is 1. The molecule has 0 aliphatic carbocycles. The summed E-state index contributed by atoms with van der Waals surface area (Å²) < 4.78 is 5.23. The molecule has 6 heteroatoms. The predicted molar refractivity (Wildman–Crippen MR) is 69.9 cm³/mol. The maximum Gasteiger partial charge on any atom is 0.243 e. The maximum absolute atomic E-state index is 9.47. The molecule has 2 aromatic rings. The molecule has 3 rings (SSSR count). The number of rotatable bonds is 3. The maximum atomic E-state index is 9.47. The Morgan fingerprint density at radius 2 is 2.37 bits per heavy atom. The standard InChI is InChI=1S/C13H14ClN3O2/c14-9-3-1-2-8(4-9)5-12-16-13(19-17-12)11-6-10(18)7-15-11/h1-4,10-11,15,18H,5-7H2/t10-,11-/m1/s1. The molecule has 19 heavy (non-hydrogen) atoms. The molecule has 0 spiro atoms. The van der Waals surface area contributed by atoms with Crippen LogP contribution in [0.2, 0.25) is 5.02 Å². The first-order chi connectivity index (χ1) is 9.20. The van der Waals surface area contributed by atoms with Gasteiger partial charge in [-0.05, 0) is 24.1 Å². The van der Waals surface area contributed by atoms with Gasteiger partial charge in [0.15, 0.2) is 5.82 Å². The van der Waals surface area contributed by atoms with E-state index in [9.17, 15) is 5.11 Å². The zero-order valence-electron chi connectivity index (χ0n) is 10.2. The molecule has 5 nitrogen and oxygen atoms in total. The van der Waals surface area contributed by atoms with Crippen LogP contribution < -0.4 is 5.32 Å². The average molecular weight is 280 g/mol. The molecule has 1 fully saturated rings. The van der Waals surface area contributed by atoms with Crippen LogP contribution in [-0.2, 0) is 6.42 Å².